The molecule has 2 rings (SSSR count). The molecule has 0 saturated heterocycles. The molecule has 0 aliphatic carbocycles. The third kappa shape index (κ3) is 5.40. The fraction of sp³-hybridized carbons (Fsp3) is 0.111. The Morgan fingerprint density at radius 1 is 1.04 bits per heavy atom. The van der Waals surface area contributed by atoms with E-state index in [0.717, 1.165) is 11.6 Å². The van der Waals surface area contributed by atoms with Crippen LogP contribution in [0.4, 0.5) is 0 Å². The van der Waals surface area contributed by atoms with Gasteiger partial charge in [-0.25, -0.2) is 13.1 Å². The summed E-state index contributed by atoms with van der Waals surface area (Å²) in [6.07, 6.45) is 1.38. The maximum atomic E-state index is 12.2. The largest absolute Gasteiger partial charge is 0.269 e. The lowest BCUT2D eigenvalue weighted by molar-refractivity contribution is 0.0846. The molecule has 27 heavy (non-hydrogen) atoms. The van der Waals surface area contributed by atoms with Crippen molar-refractivity contribution in [2.45, 2.75) is 11.8 Å². The van der Waals surface area contributed by atoms with E-state index < -0.39 is 21.8 Å². The number of hydrazine groups is 1. The van der Waals surface area contributed by atoms with E-state index in [1.54, 1.807) is 24.3 Å². The van der Waals surface area contributed by atoms with Gasteiger partial charge in [0, 0.05) is 17.7 Å². The Hall–Kier alpha value is -2.68. The summed E-state index contributed by atoms with van der Waals surface area (Å²) in [7, 11) is -3.91. The van der Waals surface area contributed by atoms with Crippen molar-refractivity contribution >= 4 is 33.4 Å². The van der Waals surface area contributed by atoms with Crippen LogP contribution >= 0.6 is 11.6 Å². The second-order valence-electron chi connectivity index (χ2n) is 5.56. The molecule has 2 aromatic carbocycles. The van der Waals surface area contributed by atoms with Gasteiger partial charge in [0.05, 0.1) is 5.02 Å². The first-order valence-electron chi connectivity index (χ1n) is 7.82. The quantitative estimate of drug-likeness (QED) is 0.504. The number of carbonyl (C=O) groups excluding carboxylic acids is 2. The van der Waals surface area contributed by atoms with E-state index in [9.17, 15) is 18.0 Å². The number of sulfonamides is 1. The van der Waals surface area contributed by atoms with Crippen molar-refractivity contribution in [3.05, 3.63) is 76.8 Å². The van der Waals surface area contributed by atoms with E-state index in [2.05, 4.69) is 22.2 Å². The third-order valence-electron chi connectivity index (χ3n) is 3.50. The smallest absolute Gasteiger partial charge is 0.267 e. The Labute approximate surface area is 162 Å². The van der Waals surface area contributed by atoms with Gasteiger partial charge in [0.15, 0.2) is 0 Å². The molecule has 0 heterocycles. The molecule has 0 aliphatic rings. The van der Waals surface area contributed by atoms with Crippen LogP contribution in [0.1, 0.15) is 26.3 Å². The second kappa shape index (κ2) is 8.81. The Balaban J connectivity index is 2.12. The van der Waals surface area contributed by atoms with Crippen LogP contribution in [0.3, 0.4) is 0 Å². The number of hydrogen-bond donors (Lipinski definition) is 3. The summed E-state index contributed by atoms with van der Waals surface area (Å²) >= 11 is 5.94. The van der Waals surface area contributed by atoms with Gasteiger partial charge >= 0.3 is 0 Å². The molecule has 142 valence electrons. The molecule has 0 aliphatic heterocycles. The first-order chi connectivity index (χ1) is 12.7. The zero-order valence-electron chi connectivity index (χ0n) is 14.5. The number of halogens is 1. The molecular formula is C18H18ClN3O4S. The Morgan fingerprint density at radius 2 is 1.59 bits per heavy atom. The van der Waals surface area contributed by atoms with Gasteiger partial charge in [0.25, 0.3) is 11.8 Å². The van der Waals surface area contributed by atoms with Gasteiger partial charge in [-0.15, -0.1) is 6.58 Å². The Bertz CT molecular complexity index is 973. The molecule has 0 radical (unpaired) electrons. The van der Waals surface area contributed by atoms with Crippen LogP contribution in [0.5, 0.6) is 0 Å². The molecule has 2 amide bonds. The van der Waals surface area contributed by atoms with Crippen LogP contribution in [0.15, 0.2) is 60.0 Å². The minimum Gasteiger partial charge on any atom is -0.267 e. The number of nitrogens with one attached hydrogen (secondary N) is 3. The van der Waals surface area contributed by atoms with Gasteiger partial charge in [-0.2, -0.15) is 0 Å². The molecule has 2 aromatic rings. The van der Waals surface area contributed by atoms with Crippen molar-refractivity contribution in [2.24, 2.45) is 0 Å². The fourth-order valence-corrected chi connectivity index (χ4v) is 3.58. The van der Waals surface area contributed by atoms with Gasteiger partial charge in [0.2, 0.25) is 10.0 Å². The zero-order chi connectivity index (χ0) is 20.0. The summed E-state index contributed by atoms with van der Waals surface area (Å²) in [5.41, 5.74) is 5.90. The third-order valence-corrected chi connectivity index (χ3v) is 5.41. The zero-order valence-corrected chi connectivity index (χ0v) is 16.0. The SMILES string of the molecule is C=CCNS(=O)(=O)c1cc(C(=O)NNC(=O)c2ccc(C)cc2)ccc1Cl. The van der Waals surface area contributed by atoms with Crippen molar-refractivity contribution in [1.82, 2.24) is 15.6 Å². The van der Waals surface area contributed by atoms with Gasteiger partial charge < -0.3 is 0 Å². The Morgan fingerprint density at radius 3 is 2.19 bits per heavy atom. The first-order valence-corrected chi connectivity index (χ1v) is 9.68. The number of carbonyl (C=O) groups is 2. The van der Waals surface area contributed by atoms with Crippen LogP contribution in [-0.2, 0) is 10.0 Å². The monoisotopic (exact) mass is 407 g/mol. The Kier molecular flexibility index (Phi) is 6.73. The van der Waals surface area contributed by atoms with Crippen LogP contribution in [0.2, 0.25) is 5.02 Å². The summed E-state index contributed by atoms with van der Waals surface area (Å²) in [4.78, 5) is 24.0. The summed E-state index contributed by atoms with van der Waals surface area (Å²) in [6, 6.07) is 10.5. The van der Waals surface area contributed by atoms with E-state index in [1.165, 1.54) is 18.2 Å². The maximum Gasteiger partial charge on any atom is 0.269 e. The van der Waals surface area contributed by atoms with E-state index in [1.807, 2.05) is 6.92 Å². The molecule has 0 aromatic heterocycles. The molecule has 9 heteroatoms. The predicted octanol–water partition coefficient (Wildman–Crippen LogP) is 2.19. The van der Waals surface area contributed by atoms with E-state index >= 15 is 0 Å². The molecule has 0 fully saturated rings. The van der Waals surface area contributed by atoms with Gasteiger partial charge in [-0.1, -0.05) is 35.4 Å². The average molecular weight is 408 g/mol. The van der Waals surface area contributed by atoms with Crippen LogP contribution in [0, 0.1) is 6.92 Å². The number of hydrogen-bond acceptors (Lipinski definition) is 4. The van der Waals surface area contributed by atoms with Gasteiger partial charge in [-0.05, 0) is 37.3 Å². The van der Waals surface area contributed by atoms with Crippen molar-refractivity contribution < 1.29 is 18.0 Å². The second-order valence-corrected chi connectivity index (χ2v) is 7.70. The highest BCUT2D eigenvalue weighted by molar-refractivity contribution is 7.89. The minimum atomic E-state index is -3.91. The number of amides is 2. The number of aryl methyl sites for hydroxylation is 1. The van der Waals surface area contributed by atoms with Gasteiger partial charge in [0.1, 0.15) is 4.90 Å². The van der Waals surface area contributed by atoms with Crippen LogP contribution in [0.25, 0.3) is 0 Å². The lowest BCUT2D eigenvalue weighted by Gasteiger charge is -2.10. The fourth-order valence-electron chi connectivity index (χ4n) is 2.06. The van der Waals surface area contributed by atoms with Crippen molar-refractivity contribution in [2.75, 3.05) is 6.54 Å². The van der Waals surface area contributed by atoms with Crippen molar-refractivity contribution in [3.63, 3.8) is 0 Å². The molecule has 3 N–H and O–H groups in total. The van der Waals surface area contributed by atoms with Crippen molar-refractivity contribution in [3.8, 4) is 0 Å². The van der Waals surface area contributed by atoms with Gasteiger partial charge in [-0.3, -0.25) is 20.4 Å². The standard InChI is InChI=1S/C18H18ClN3O4S/c1-3-10-20-27(25,26)16-11-14(8-9-15(16)19)18(24)22-21-17(23)13-6-4-12(2)5-7-13/h3-9,11,20H,1,10H2,2H3,(H,21,23)(H,22,24). The normalized spacial score (nSPS) is 10.9. The average Bonchev–Trinajstić information content (AvgIpc) is 2.65. The van der Waals surface area contributed by atoms with E-state index in [-0.39, 0.29) is 22.0 Å². The highest BCUT2D eigenvalue weighted by Crippen LogP contribution is 2.22. The predicted molar refractivity (Wildman–Crippen MR) is 103 cm³/mol. The molecule has 0 bridgehead atoms. The topological polar surface area (TPSA) is 104 Å². The molecule has 0 atom stereocenters. The van der Waals surface area contributed by atoms with Crippen LogP contribution < -0.4 is 15.6 Å². The molecule has 0 saturated carbocycles. The number of benzene rings is 2. The molecule has 0 unspecified atom stereocenters. The molecule has 0 spiro atoms. The summed E-state index contributed by atoms with van der Waals surface area (Å²) in [5, 5.41) is -0.0354. The first kappa shape index (κ1) is 20.6. The highest BCUT2D eigenvalue weighted by Gasteiger charge is 2.19. The lowest BCUT2D eigenvalue weighted by atomic mass is 10.1. The van der Waals surface area contributed by atoms with Crippen molar-refractivity contribution in [1.29, 1.82) is 0 Å². The molecular weight excluding hydrogens is 390 g/mol. The van der Waals surface area contributed by atoms with E-state index in [0.29, 0.717) is 5.56 Å². The maximum absolute atomic E-state index is 12.2. The highest BCUT2D eigenvalue weighted by atomic mass is 35.5. The molecule has 7 nitrogen and oxygen atoms in total. The summed E-state index contributed by atoms with van der Waals surface area (Å²) < 4.78 is 26.7. The van der Waals surface area contributed by atoms with Crippen LogP contribution in [-0.4, -0.2) is 26.8 Å². The summed E-state index contributed by atoms with van der Waals surface area (Å²) in [6.45, 7) is 5.34. The number of rotatable bonds is 6. The summed E-state index contributed by atoms with van der Waals surface area (Å²) in [5.74, 6) is -1.19. The van der Waals surface area contributed by atoms with E-state index in [4.69, 9.17) is 11.6 Å². The lowest BCUT2D eigenvalue weighted by Crippen LogP contribution is -2.41. The minimum absolute atomic E-state index is 0.0156.